The van der Waals surface area contributed by atoms with Crippen molar-refractivity contribution in [1.82, 2.24) is 0 Å². The Hall–Kier alpha value is -0.370. The second-order valence-electron chi connectivity index (χ2n) is 2.59. The molecule has 0 aromatic heterocycles. The minimum Gasteiger partial charge on any atom is -0.378 e. The van der Waals surface area contributed by atoms with Crippen LogP contribution in [0.2, 0.25) is 0 Å². The Morgan fingerprint density at radius 3 is 3.20 bits per heavy atom. The molecular formula is C8H15NO. The van der Waals surface area contributed by atoms with Gasteiger partial charge in [0.25, 0.3) is 0 Å². The lowest BCUT2D eigenvalue weighted by Gasteiger charge is -2.04. The maximum absolute atomic E-state index is 5.43. The van der Waals surface area contributed by atoms with Gasteiger partial charge in [0.05, 0.1) is 6.10 Å². The smallest absolute Gasteiger partial charge is 0.0593 e. The van der Waals surface area contributed by atoms with Gasteiger partial charge in [-0.05, 0) is 32.4 Å². The van der Waals surface area contributed by atoms with Crippen LogP contribution < -0.4 is 0 Å². The van der Waals surface area contributed by atoms with Gasteiger partial charge in [0.1, 0.15) is 0 Å². The molecule has 1 saturated heterocycles. The van der Waals surface area contributed by atoms with Crippen molar-refractivity contribution in [2.24, 2.45) is 4.99 Å². The van der Waals surface area contributed by atoms with Crippen LogP contribution in [-0.4, -0.2) is 25.5 Å². The van der Waals surface area contributed by atoms with Gasteiger partial charge < -0.3 is 4.74 Å². The van der Waals surface area contributed by atoms with Crippen LogP contribution in [0.15, 0.2) is 4.99 Å². The van der Waals surface area contributed by atoms with Gasteiger partial charge in [-0.1, -0.05) is 0 Å². The first-order valence-corrected chi connectivity index (χ1v) is 3.99. The number of rotatable bonds is 3. The molecule has 0 aromatic rings. The third-order valence-electron chi connectivity index (χ3n) is 1.79. The third-order valence-corrected chi connectivity index (χ3v) is 1.79. The summed E-state index contributed by atoms with van der Waals surface area (Å²) in [5, 5.41) is 0. The van der Waals surface area contributed by atoms with Gasteiger partial charge in [0.2, 0.25) is 0 Å². The van der Waals surface area contributed by atoms with Gasteiger partial charge in [-0.25, -0.2) is 0 Å². The molecule has 1 fully saturated rings. The van der Waals surface area contributed by atoms with Crippen molar-refractivity contribution >= 4 is 6.21 Å². The molecule has 0 N–H and O–H groups in total. The van der Waals surface area contributed by atoms with Crippen molar-refractivity contribution < 1.29 is 4.74 Å². The summed E-state index contributed by atoms with van der Waals surface area (Å²) in [7, 11) is 0. The van der Waals surface area contributed by atoms with Crippen molar-refractivity contribution in [3.05, 3.63) is 0 Å². The zero-order valence-corrected chi connectivity index (χ0v) is 6.55. The van der Waals surface area contributed by atoms with Crippen molar-refractivity contribution in [3.63, 3.8) is 0 Å². The van der Waals surface area contributed by atoms with Crippen LogP contribution in [0.3, 0.4) is 0 Å². The standard InChI is InChI=1S/C8H15NO/c1-2-9-6-5-8-4-3-7-10-8/h2,8H,3-7H2,1H3. The van der Waals surface area contributed by atoms with Crippen LogP contribution in [0.5, 0.6) is 0 Å². The van der Waals surface area contributed by atoms with E-state index in [-0.39, 0.29) is 0 Å². The molecule has 0 bridgehead atoms. The molecule has 0 saturated carbocycles. The van der Waals surface area contributed by atoms with Crippen LogP contribution >= 0.6 is 0 Å². The van der Waals surface area contributed by atoms with E-state index in [1.165, 1.54) is 12.8 Å². The van der Waals surface area contributed by atoms with Gasteiger partial charge in [0.15, 0.2) is 0 Å². The first-order valence-electron chi connectivity index (χ1n) is 3.99. The number of hydrogen-bond donors (Lipinski definition) is 0. The molecule has 58 valence electrons. The molecule has 1 atom stereocenters. The molecule has 1 heterocycles. The van der Waals surface area contributed by atoms with Gasteiger partial charge in [-0.15, -0.1) is 0 Å². The van der Waals surface area contributed by atoms with Crippen molar-refractivity contribution in [2.45, 2.75) is 32.3 Å². The molecule has 0 amide bonds. The van der Waals surface area contributed by atoms with E-state index >= 15 is 0 Å². The number of hydrogen-bond acceptors (Lipinski definition) is 2. The van der Waals surface area contributed by atoms with Crippen LogP contribution in [0.4, 0.5) is 0 Å². The Morgan fingerprint density at radius 2 is 2.60 bits per heavy atom. The Morgan fingerprint density at radius 1 is 1.70 bits per heavy atom. The Labute approximate surface area is 62.3 Å². The van der Waals surface area contributed by atoms with E-state index in [1.807, 2.05) is 13.1 Å². The molecule has 1 rings (SSSR count). The van der Waals surface area contributed by atoms with E-state index in [0.29, 0.717) is 6.10 Å². The highest BCUT2D eigenvalue weighted by atomic mass is 16.5. The predicted molar refractivity (Wildman–Crippen MR) is 42.6 cm³/mol. The minimum absolute atomic E-state index is 0.503. The quantitative estimate of drug-likeness (QED) is 0.547. The summed E-state index contributed by atoms with van der Waals surface area (Å²) < 4.78 is 5.43. The van der Waals surface area contributed by atoms with Crippen molar-refractivity contribution in [2.75, 3.05) is 13.2 Å². The van der Waals surface area contributed by atoms with E-state index in [4.69, 9.17) is 4.74 Å². The van der Waals surface area contributed by atoms with Crippen molar-refractivity contribution in [1.29, 1.82) is 0 Å². The summed E-state index contributed by atoms with van der Waals surface area (Å²) in [5.74, 6) is 0. The molecule has 0 radical (unpaired) electrons. The highest BCUT2D eigenvalue weighted by Gasteiger charge is 2.13. The van der Waals surface area contributed by atoms with Gasteiger partial charge in [-0.2, -0.15) is 0 Å². The van der Waals surface area contributed by atoms with E-state index in [2.05, 4.69) is 4.99 Å². The van der Waals surface area contributed by atoms with Gasteiger partial charge in [-0.3, -0.25) is 4.99 Å². The number of ether oxygens (including phenoxy) is 1. The number of aliphatic imine (C=N–C) groups is 1. The summed E-state index contributed by atoms with van der Waals surface area (Å²) >= 11 is 0. The largest absolute Gasteiger partial charge is 0.378 e. The van der Waals surface area contributed by atoms with Crippen LogP contribution in [-0.2, 0) is 4.74 Å². The molecule has 1 aliphatic rings. The zero-order valence-electron chi connectivity index (χ0n) is 6.55. The molecule has 2 heteroatoms. The average molecular weight is 141 g/mol. The van der Waals surface area contributed by atoms with E-state index in [9.17, 15) is 0 Å². The molecule has 1 aliphatic heterocycles. The summed E-state index contributed by atoms with van der Waals surface area (Å²) in [6.07, 6.45) is 5.93. The molecule has 1 unspecified atom stereocenters. The second-order valence-corrected chi connectivity index (χ2v) is 2.59. The van der Waals surface area contributed by atoms with Crippen LogP contribution in [0.1, 0.15) is 26.2 Å². The summed E-state index contributed by atoms with van der Waals surface area (Å²) in [4.78, 5) is 4.13. The lowest BCUT2D eigenvalue weighted by atomic mass is 10.2. The van der Waals surface area contributed by atoms with Gasteiger partial charge >= 0.3 is 0 Å². The fourth-order valence-electron chi connectivity index (χ4n) is 1.22. The van der Waals surface area contributed by atoms with Crippen LogP contribution in [0, 0.1) is 0 Å². The fourth-order valence-corrected chi connectivity index (χ4v) is 1.22. The molecule has 0 aromatic carbocycles. The highest BCUT2D eigenvalue weighted by molar-refractivity contribution is 5.53. The fraction of sp³-hybridized carbons (Fsp3) is 0.875. The normalized spacial score (nSPS) is 26.3. The highest BCUT2D eigenvalue weighted by Crippen LogP contribution is 2.14. The molecule has 2 nitrogen and oxygen atoms in total. The SMILES string of the molecule is CC=NCCC1CCCO1. The Bertz CT molecular complexity index is 106. The minimum atomic E-state index is 0.503. The first kappa shape index (κ1) is 7.73. The third kappa shape index (κ3) is 2.48. The Kier molecular flexibility index (Phi) is 3.44. The maximum atomic E-state index is 5.43. The summed E-state index contributed by atoms with van der Waals surface area (Å²) in [5.41, 5.74) is 0. The van der Waals surface area contributed by atoms with E-state index in [0.717, 1.165) is 19.6 Å². The van der Waals surface area contributed by atoms with Crippen LogP contribution in [0.25, 0.3) is 0 Å². The molecular weight excluding hydrogens is 126 g/mol. The predicted octanol–water partition coefficient (Wildman–Crippen LogP) is 1.65. The molecule has 0 spiro atoms. The Balaban J connectivity index is 2.01. The molecule has 0 aliphatic carbocycles. The number of nitrogens with zero attached hydrogens (tertiary/aromatic N) is 1. The second kappa shape index (κ2) is 4.45. The summed E-state index contributed by atoms with van der Waals surface area (Å²) in [6.45, 7) is 3.84. The zero-order chi connectivity index (χ0) is 7.23. The van der Waals surface area contributed by atoms with E-state index in [1.54, 1.807) is 0 Å². The van der Waals surface area contributed by atoms with Gasteiger partial charge in [0, 0.05) is 13.2 Å². The summed E-state index contributed by atoms with van der Waals surface area (Å²) in [6, 6.07) is 0. The lowest BCUT2D eigenvalue weighted by molar-refractivity contribution is 0.106. The average Bonchev–Trinajstić information content (AvgIpc) is 2.41. The lowest BCUT2D eigenvalue weighted by Crippen LogP contribution is -2.05. The molecule has 10 heavy (non-hydrogen) atoms. The van der Waals surface area contributed by atoms with E-state index < -0.39 is 0 Å². The monoisotopic (exact) mass is 141 g/mol. The first-order chi connectivity index (χ1) is 4.93. The topological polar surface area (TPSA) is 21.6 Å². The van der Waals surface area contributed by atoms with Crippen molar-refractivity contribution in [3.8, 4) is 0 Å². The maximum Gasteiger partial charge on any atom is 0.0593 e.